The molecule has 2 rings (SSSR count). The van der Waals surface area contributed by atoms with Gasteiger partial charge in [0.1, 0.15) is 11.6 Å². The maximum atomic E-state index is 13.3. The molecule has 2 aromatic carbocycles. The number of hydrogen-bond acceptors (Lipinski definition) is 2. The van der Waals surface area contributed by atoms with Crippen LogP contribution in [0.3, 0.4) is 0 Å². The highest BCUT2D eigenvalue weighted by Gasteiger charge is 2.13. The number of carbonyl (C=O) groups excluding carboxylic acids is 1. The SMILES string of the molecule is COc1cc(C(=O)Cc2cccc(F)c2Cl)ccc1C. The van der Waals surface area contributed by atoms with Gasteiger partial charge >= 0.3 is 0 Å². The molecule has 104 valence electrons. The summed E-state index contributed by atoms with van der Waals surface area (Å²) in [5.41, 5.74) is 1.96. The highest BCUT2D eigenvalue weighted by atomic mass is 35.5. The lowest BCUT2D eigenvalue weighted by atomic mass is 10.0. The van der Waals surface area contributed by atoms with Crippen LogP contribution in [-0.2, 0) is 6.42 Å². The van der Waals surface area contributed by atoms with Gasteiger partial charge in [-0.3, -0.25) is 4.79 Å². The maximum absolute atomic E-state index is 13.3. The van der Waals surface area contributed by atoms with Crippen molar-refractivity contribution >= 4 is 17.4 Å². The van der Waals surface area contributed by atoms with Crippen molar-refractivity contribution < 1.29 is 13.9 Å². The van der Waals surface area contributed by atoms with Crippen LogP contribution in [0.15, 0.2) is 36.4 Å². The standard InChI is InChI=1S/C16H14ClFO2/c1-10-6-7-11(9-15(10)20-2)14(19)8-12-4-3-5-13(18)16(12)17/h3-7,9H,8H2,1-2H3. The number of rotatable bonds is 4. The van der Waals surface area contributed by atoms with E-state index in [0.29, 0.717) is 16.9 Å². The average Bonchev–Trinajstić information content (AvgIpc) is 2.44. The van der Waals surface area contributed by atoms with Crippen molar-refractivity contribution in [3.05, 3.63) is 63.9 Å². The van der Waals surface area contributed by atoms with Crippen LogP contribution in [-0.4, -0.2) is 12.9 Å². The van der Waals surface area contributed by atoms with Crippen molar-refractivity contribution in [3.63, 3.8) is 0 Å². The Morgan fingerprint density at radius 1 is 1.30 bits per heavy atom. The predicted octanol–water partition coefficient (Wildman–Crippen LogP) is 4.22. The fourth-order valence-corrected chi connectivity index (χ4v) is 2.15. The Morgan fingerprint density at radius 2 is 2.05 bits per heavy atom. The van der Waals surface area contributed by atoms with Gasteiger partial charge in [-0.2, -0.15) is 0 Å². The number of ketones is 1. The minimum atomic E-state index is -0.515. The number of ether oxygens (including phenoxy) is 1. The summed E-state index contributed by atoms with van der Waals surface area (Å²) in [6.07, 6.45) is 0.0583. The van der Waals surface area contributed by atoms with Crippen LogP contribution in [0.2, 0.25) is 5.02 Å². The van der Waals surface area contributed by atoms with Crippen LogP contribution in [0, 0.1) is 12.7 Å². The van der Waals surface area contributed by atoms with Crippen molar-refractivity contribution in [2.45, 2.75) is 13.3 Å². The van der Waals surface area contributed by atoms with E-state index in [2.05, 4.69) is 0 Å². The summed E-state index contributed by atoms with van der Waals surface area (Å²) < 4.78 is 18.5. The highest BCUT2D eigenvalue weighted by Crippen LogP contribution is 2.23. The first kappa shape index (κ1) is 14.5. The van der Waals surface area contributed by atoms with Crippen LogP contribution >= 0.6 is 11.6 Å². The van der Waals surface area contributed by atoms with Gasteiger partial charge in [0.15, 0.2) is 5.78 Å². The molecule has 0 amide bonds. The zero-order valence-corrected chi connectivity index (χ0v) is 12.0. The van der Waals surface area contributed by atoms with E-state index in [1.54, 1.807) is 31.4 Å². The van der Waals surface area contributed by atoms with E-state index in [1.165, 1.54) is 6.07 Å². The number of benzene rings is 2. The van der Waals surface area contributed by atoms with Gasteiger partial charge in [-0.15, -0.1) is 0 Å². The summed E-state index contributed by atoms with van der Waals surface area (Å²) >= 11 is 5.86. The Balaban J connectivity index is 2.26. The van der Waals surface area contributed by atoms with Crippen molar-refractivity contribution in [1.82, 2.24) is 0 Å². The molecular weight excluding hydrogens is 279 g/mol. The van der Waals surface area contributed by atoms with Crippen molar-refractivity contribution in [1.29, 1.82) is 0 Å². The van der Waals surface area contributed by atoms with E-state index in [1.807, 2.05) is 13.0 Å². The summed E-state index contributed by atoms with van der Waals surface area (Å²) in [6.45, 7) is 1.90. The van der Waals surface area contributed by atoms with E-state index in [-0.39, 0.29) is 17.2 Å². The predicted molar refractivity (Wildman–Crippen MR) is 77.2 cm³/mol. The Kier molecular flexibility index (Phi) is 4.40. The summed E-state index contributed by atoms with van der Waals surface area (Å²) in [6, 6.07) is 9.69. The molecule has 0 aromatic heterocycles. The first-order valence-electron chi connectivity index (χ1n) is 6.13. The monoisotopic (exact) mass is 292 g/mol. The topological polar surface area (TPSA) is 26.3 Å². The molecule has 4 heteroatoms. The molecule has 2 nitrogen and oxygen atoms in total. The van der Waals surface area contributed by atoms with Crippen molar-refractivity contribution in [2.75, 3.05) is 7.11 Å². The number of carbonyl (C=O) groups is 1. The zero-order chi connectivity index (χ0) is 14.7. The van der Waals surface area contributed by atoms with E-state index in [0.717, 1.165) is 5.56 Å². The van der Waals surface area contributed by atoms with E-state index in [9.17, 15) is 9.18 Å². The first-order chi connectivity index (χ1) is 9.52. The maximum Gasteiger partial charge on any atom is 0.167 e. The van der Waals surface area contributed by atoms with Gasteiger partial charge in [0.2, 0.25) is 0 Å². The Hall–Kier alpha value is -1.87. The molecule has 0 N–H and O–H groups in total. The van der Waals surface area contributed by atoms with Crippen LogP contribution in [0.25, 0.3) is 0 Å². The van der Waals surface area contributed by atoms with Gasteiger partial charge in [0, 0.05) is 12.0 Å². The second-order valence-electron chi connectivity index (χ2n) is 4.50. The molecule has 0 aliphatic rings. The van der Waals surface area contributed by atoms with Gasteiger partial charge in [0.25, 0.3) is 0 Å². The third-order valence-electron chi connectivity index (χ3n) is 3.11. The minimum absolute atomic E-state index is 0.0000679. The lowest BCUT2D eigenvalue weighted by molar-refractivity contribution is 0.0992. The van der Waals surface area contributed by atoms with Gasteiger partial charge < -0.3 is 4.74 Å². The molecule has 0 atom stereocenters. The molecular formula is C16H14ClFO2. The van der Waals surface area contributed by atoms with E-state index >= 15 is 0 Å². The number of Topliss-reactive ketones (excluding diaryl/α,β-unsaturated/α-hetero) is 1. The minimum Gasteiger partial charge on any atom is -0.496 e. The third-order valence-corrected chi connectivity index (χ3v) is 3.54. The van der Waals surface area contributed by atoms with Crippen LogP contribution in [0.1, 0.15) is 21.5 Å². The largest absolute Gasteiger partial charge is 0.496 e. The lowest BCUT2D eigenvalue weighted by Gasteiger charge is -2.08. The Morgan fingerprint density at radius 3 is 2.75 bits per heavy atom. The van der Waals surface area contributed by atoms with Crippen LogP contribution < -0.4 is 4.74 Å². The molecule has 20 heavy (non-hydrogen) atoms. The van der Waals surface area contributed by atoms with Crippen LogP contribution in [0.5, 0.6) is 5.75 Å². The van der Waals surface area contributed by atoms with Crippen LogP contribution in [0.4, 0.5) is 4.39 Å². The molecule has 0 bridgehead atoms. The quantitative estimate of drug-likeness (QED) is 0.789. The third kappa shape index (κ3) is 2.99. The summed E-state index contributed by atoms with van der Waals surface area (Å²) in [5.74, 6) is 0.00967. The molecule has 0 heterocycles. The number of hydrogen-bond donors (Lipinski definition) is 0. The lowest BCUT2D eigenvalue weighted by Crippen LogP contribution is -2.05. The molecule has 0 spiro atoms. The number of methoxy groups -OCH3 is 1. The normalized spacial score (nSPS) is 10.4. The first-order valence-corrected chi connectivity index (χ1v) is 6.51. The molecule has 0 radical (unpaired) electrons. The van der Waals surface area contributed by atoms with Crippen molar-refractivity contribution in [3.8, 4) is 5.75 Å². The summed E-state index contributed by atoms with van der Waals surface area (Å²) in [4.78, 5) is 12.2. The summed E-state index contributed by atoms with van der Waals surface area (Å²) in [5, 5.41) is -0.0000679. The summed E-state index contributed by atoms with van der Waals surface area (Å²) in [7, 11) is 1.56. The van der Waals surface area contributed by atoms with E-state index in [4.69, 9.17) is 16.3 Å². The zero-order valence-electron chi connectivity index (χ0n) is 11.2. The molecule has 2 aromatic rings. The van der Waals surface area contributed by atoms with Gasteiger partial charge in [-0.25, -0.2) is 4.39 Å². The van der Waals surface area contributed by atoms with Gasteiger partial charge in [0.05, 0.1) is 12.1 Å². The number of aryl methyl sites for hydroxylation is 1. The Labute approximate surface area is 122 Å². The fourth-order valence-electron chi connectivity index (χ4n) is 1.95. The molecule has 0 aliphatic carbocycles. The smallest absolute Gasteiger partial charge is 0.167 e. The Bertz CT molecular complexity index is 653. The average molecular weight is 293 g/mol. The highest BCUT2D eigenvalue weighted by molar-refractivity contribution is 6.31. The van der Waals surface area contributed by atoms with Gasteiger partial charge in [-0.05, 0) is 30.2 Å². The molecule has 0 saturated carbocycles. The van der Waals surface area contributed by atoms with Crippen molar-refractivity contribution in [2.24, 2.45) is 0 Å². The number of halogens is 2. The molecule has 0 saturated heterocycles. The van der Waals surface area contributed by atoms with Gasteiger partial charge in [-0.1, -0.05) is 35.9 Å². The van der Waals surface area contributed by atoms with E-state index < -0.39 is 5.82 Å². The fraction of sp³-hybridized carbons (Fsp3) is 0.188. The second-order valence-corrected chi connectivity index (χ2v) is 4.88. The molecule has 0 unspecified atom stereocenters. The molecule has 0 fully saturated rings. The molecule has 0 aliphatic heterocycles. The second kappa shape index (κ2) is 6.06.